The molecule has 1 atom stereocenters. The van der Waals surface area contributed by atoms with Gasteiger partial charge < -0.3 is 10.1 Å². The number of benzene rings is 3. The van der Waals surface area contributed by atoms with Crippen molar-refractivity contribution in [1.82, 2.24) is 0 Å². The van der Waals surface area contributed by atoms with E-state index in [9.17, 15) is 18.0 Å². The van der Waals surface area contributed by atoms with Crippen molar-refractivity contribution in [2.24, 2.45) is 0 Å². The normalized spacial score (nSPS) is 12.6. The van der Waals surface area contributed by atoms with E-state index in [0.29, 0.717) is 12.2 Å². The lowest BCUT2D eigenvalue weighted by atomic mass is 10.1. The lowest BCUT2D eigenvalue weighted by molar-refractivity contribution is -0.137. The Hall–Kier alpha value is -3.02. The maximum Gasteiger partial charge on any atom is 0.416 e. The van der Waals surface area contributed by atoms with Crippen molar-refractivity contribution >= 4 is 22.4 Å². The zero-order valence-electron chi connectivity index (χ0n) is 14.6. The van der Waals surface area contributed by atoms with Gasteiger partial charge in [0.2, 0.25) is 0 Å². The summed E-state index contributed by atoms with van der Waals surface area (Å²) in [5, 5.41) is 4.35. The number of alkyl halides is 3. The lowest BCUT2D eigenvalue weighted by Crippen LogP contribution is -2.32. The van der Waals surface area contributed by atoms with E-state index in [1.54, 1.807) is 13.0 Å². The number of amides is 1. The van der Waals surface area contributed by atoms with Crippen molar-refractivity contribution in [3.63, 3.8) is 0 Å². The van der Waals surface area contributed by atoms with Gasteiger partial charge in [0.25, 0.3) is 5.91 Å². The van der Waals surface area contributed by atoms with E-state index in [1.165, 1.54) is 12.1 Å². The minimum Gasteiger partial charge on any atom is -0.480 e. The van der Waals surface area contributed by atoms with Gasteiger partial charge in [0.1, 0.15) is 5.75 Å². The average molecular weight is 373 g/mol. The number of carbonyl (C=O) groups excluding carboxylic acids is 1. The van der Waals surface area contributed by atoms with Crippen molar-refractivity contribution in [1.29, 1.82) is 0 Å². The first-order chi connectivity index (χ1) is 12.9. The molecular weight excluding hydrogens is 355 g/mol. The topological polar surface area (TPSA) is 38.3 Å². The Labute approximate surface area is 154 Å². The standard InChI is InChI=1S/C21H18F3NO2/c1-2-18(27-19-12-5-8-14-7-3-4-11-17(14)19)20(26)25-16-10-6-9-15(13-16)21(22,23)24/h3-13,18H,2H2,1H3,(H,25,26)/t18-/m0/s1. The molecule has 0 saturated carbocycles. The van der Waals surface area contributed by atoms with Gasteiger partial charge in [-0.2, -0.15) is 13.2 Å². The molecule has 0 bridgehead atoms. The van der Waals surface area contributed by atoms with Gasteiger partial charge in [-0.05, 0) is 36.1 Å². The maximum atomic E-state index is 12.8. The molecule has 3 nitrogen and oxygen atoms in total. The molecule has 1 N–H and O–H groups in total. The third-order valence-electron chi connectivity index (χ3n) is 4.14. The number of hydrogen-bond acceptors (Lipinski definition) is 2. The van der Waals surface area contributed by atoms with Crippen molar-refractivity contribution in [3.05, 3.63) is 72.3 Å². The molecule has 6 heteroatoms. The van der Waals surface area contributed by atoms with Crippen molar-refractivity contribution < 1.29 is 22.7 Å². The highest BCUT2D eigenvalue weighted by Crippen LogP contribution is 2.31. The summed E-state index contributed by atoms with van der Waals surface area (Å²) in [6.45, 7) is 1.78. The van der Waals surface area contributed by atoms with Crippen LogP contribution in [0.3, 0.4) is 0 Å². The van der Waals surface area contributed by atoms with Crippen LogP contribution in [0, 0.1) is 0 Å². The van der Waals surface area contributed by atoms with Crippen LogP contribution in [-0.4, -0.2) is 12.0 Å². The van der Waals surface area contributed by atoms with Crippen LogP contribution in [0.15, 0.2) is 66.7 Å². The molecule has 1 amide bonds. The molecular formula is C21H18F3NO2. The Kier molecular flexibility index (Phi) is 5.35. The molecule has 0 fully saturated rings. The quantitative estimate of drug-likeness (QED) is 0.627. The summed E-state index contributed by atoms with van der Waals surface area (Å²) in [5.74, 6) is 0.0592. The summed E-state index contributed by atoms with van der Waals surface area (Å²) in [5.41, 5.74) is -0.738. The van der Waals surface area contributed by atoms with Gasteiger partial charge in [-0.3, -0.25) is 4.79 Å². The molecule has 0 heterocycles. The third-order valence-corrected chi connectivity index (χ3v) is 4.14. The summed E-state index contributed by atoms with van der Waals surface area (Å²) in [4.78, 5) is 12.5. The Morgan fingerprint density at radius 3 is 2.48 bits per heavy atom. The summed E-state index contributed by atoms with van der Waals surface area (Å²) in [7, 11) is 0. The lowest BCUT2D eigenvalue weighted by Gasteiger charge is -2.19. The number of carbonyl (C=O) groups is 1. The number of ether oxygens (including phenoxy) is 1. The smallest absolute Gasteiger partial charge is 0.416 e. The molecule has 0 spiro atoms. The summed E-state index contributed by atoms with van der Waals surface area (Å²) in [6, 6.07) is 17.7. The Balaban J connectivity index is 1.79. The van der Waals surface area contributed by atoms with Crippen LogP contribution in [-0.2, 0) is 11.0 Å². The first-order valence-corrected chi connectivity index (χ1v) is 8.51. The van der Waals surface area contributed by atoms with Gasteiger partial charge in [-0.15, -0.1) is 0 Å². The molecule has 0 aliphatic carbocycles. The monoisotopic (exact) mass is 373 g/mol. The fourth-order valence-corrected chi connectivity index (χ4v) is 2.77. The molecule has 0 unspecified atom stereocenters. The number of rotatable bonds is 5. The molecule has 0 aromatic heterocycles. The Morgan fingerprint density at radius 1 is 1.04 bits per heavy atom. The van der Waals surface area contributed by atoms with Crippen molar-refractivity contribution in [3.8, 4) is 5.75 Å². The summed E-state index contributed by atoms with van der Waals surface area (Å²) < 4.78 is 44.4. The minimum atomic E-state index is -4.47. The first-order valence-electron chi connectivity index (χ1n) is 8.51. The van der Waals surface area contributed by atoms with E-state index in [4.69, 9.17) is 4.74 Å². The zero-order valence-corrected chi connectivity index (χ0v) is 14.6. The van der Waals surface area contributed by atoms with Crippen LogP contribution in [0.1, 0.15) is 18.9 Å². The highest BCUT2D eigenvalue weighted by molar-refractivity contribution is 5.95. The fourth-order valence-electron chi connectivity index (χ4n) is 2.77. The van der Waals surface area contributed by atoms with Gasteiger partial charge in [-0.25, -0.2) is 0 Å². The predicted octanol–water partition coefficient (Wildman–Crippen LogP) is 5.65. The van der Waals surface area contributed by atoms with E-state index in [0.717, 1.165) is 22.9 Å². The highest BCUT2D eigenvalue weighted by Gasteiger charge is 2.30. The molecule has 0 aliphatic rings. The van der Waals surface area contributed by atoms with E-state index < -0.39 is 23.8 Å². The average Bonchev–Trinajstić information content (AvgIpc) is 2.65. The SMILES string of the molecule is CC[C@H](Oc1cccc2ccccc12)C(=O)Nc1cccc(C(F)(F)F)c1. The third kappa shape index (κ3) is 4.39. The molecule has 0 aliphatic heterocycles. The van der Waals surface area contributed by atoms with E-state index in [-0.39, 0.29) is 5.69 Å². The molecule has 27 heavy (non-hydrogen) atoms. The predicted molar refractivity (Wildman–Crippen MR) is 98.7 cm³/mol. The van der Waals surface area contributed by atoms with Gasteiger partial charge in [-0.1, -0.05) is 49.4 Å². The van der Waals surface area contributed by atoms with E-state index >= 15 is 0 Å². The highest BCUT2D eigenvalue weighted by atomic mass is 19.4. The van der Waals surface area contributed by atoms with E-state index in [2.05, 4.69) is 5.32 Å². The van der Waals surface area contributed by atoms with Crippen LogP contribution in [0.25, 0.3) is 10.8 Å². The number of anilines is 1. The molecule has 3 rings (SSSR count). The number of hydrogen-bond donors (Lipinski definition) is 1. The second kappa shape index (κ2) is 7.70. The van der Waals surface area contributed by atoms with Crippen LogP contribution < -0.4 is 10.1 Å². The first kappa shape index (κ1) is 18.8. The van der Waals surface area contributed by atoms with Crippen molar-refractivity contribution in [2.75, 3.05) is 5.32 Å². The molecule has 0 radical (unpaired) electrons. The maximum absolute atomic E-state index is 12.8. The number of halogens is 3. The Bertz CT molecular complexity index is 948. The van der Waals surface area contributed by atoms with Gasteiger partial charge in [0.15, 0.2) is 6.10 Å². The molecule has 140 valence electrons. The van der Waals surface area contributed by atoms with Crippen LogP contribution in [0.4, 0.5) is 18.9 Å². The summed E-state index contributed by atoms with van der Waals surface area (Å²) in [6.07, 6.45) is -4.93. The van der Waals surface area contributed by atoms with E-state index in [1.807, 2.05) is 36.4 Å². The molecule has 0 saturated heterocycles. The second-order valence-electron chi connectivity index (χ2n) is 6.06. The number of nitrogens with one attached hydrogen (secondary N) is 1. The van der Waals surface area contributed by atoms with Gasteiger partial charge >= 0.3 is 6.18 Å². The molecule has 3 aromatic rings. The van der Waals surface area contributed by atoms with Gasteiger partial charge in [0, 0.05) is 11.1 Å². The van der Waals surface area contributed by atoms with Gasteiger partial charge in [0.05, 0.1) is 5.56 Å². The molecule has 3 aromatic carbocycles. The van der Waals surface area contributed by atoms with Crippen LogP contribution in [0.5, 0.6) is 5.75 Å². The zero-order chi connectivity index (χ0) is 19.4. The second-order valence-corrected chi connectivity index (χ2v) is 6.06. The largest absolute Gasteiger partial charge is 0.480 e. The van der Waals surface area contributed by atoms with Crippen LogP contribution in [0.2, 0.25) is 0 Å². The summed E-state index contributed by atoms with van der Waals surface area (Å²) >= 11 is 0. The minimum absolute atomic E-state index is 0.0785. The Morgan fingerprint density at radius 2 is 1.74 bits per heavy atom. The number of fused-ring (bicyclic) bond motifs is 1. The van der Waals surface area contributed by atoms with Crippen LogP contribution >= 0.6 is 0 Å². The van der Waals surface area contributed by atoms with Crippen molar-refractivity contribution in [2.45, 2.75) is 25.6 Å². The fraction of sp³-hybridized carbons (Fsp3) is 0.190.